The first-order valence-electron chi connectivity index (χ1n) is 6.06. The molecule has 0 radical (unpaired) electrons. The zero-order valence-electron chi connectivity index (χ0n) is 10.2. The Morgan fingerprint density at radius 1 is 1.28 bits per heavy atom. The van der Waals surface area contributed by atoms with Crippen LogP contribution in [0.2, 0.25) is 0 Å². The number of alkyl halides is 3. The molecule has 0 bridgehead atoms. The van der Waals surface area contributed by atoms with Gasteiger partial charge in [0.25, 0.3) is 0 Å². The average molecular weight is 258 g/mol. The zero-order valence-corrected chi connectivity index (χ0v) is 10.2. The predicted molar refractivity (Wildman–Crippen MR) is 65.4 cm³/mol. The molecule has 1 aromatic carbocycles. The van der Waals surface area contributed by atoms with Gasteiger partial charge in [-0.3, -0.25) is 0 Å². The number of benzene rings is 1. The first kappa shape index (κ1) is 13.2. The Morgan fingerprint density at radius 3 is 2.56 bits per heavy atom. The molecule has 2 atom stereocenters. The van der Waals surface area contributed by atoms with E-state index in [0.29, 0.717) is 5.69 Å². The van der Waals surface area contributed by atoms with E-state index in [0.717, 1.165) is 30.9 Å². The normalized spacial score (nSPS) is 24.3. The molecule has 2 rings (SSSR count). The van der Waals surface area contributed by atoms with E-state index in [1.165, 1.54) is 12.1 Å². The van der Waals surface area contributed by atoms with E-state index in [4.69, 9.17) is 5.73 Å². The van der Waals surface area contributed by atoms with Gasteiger partial charge in [0, 0.05) is 17.8 Å². The smallest absolute Gasteiger partial charge is 0.382 e. The quantitative estimate of drug-likeness (QED) is 0.854. The van der Waals surface area contributed by atoms with Gasteiger partial charge in [-0.25, -0.2) is 0 Å². The molecule has 1 aliphatic rings. The van der Waals surface area contributed by atoms with Crippen LogP contribution in [0.25, 0.3) is 0 Å². The fourth-order valence-corrected chi connectivity index (χ4v) is 2.32. The second-order valence-electron chi connectivity index (χ2n) is 4.94. The lowest BCUT2D eigenvalue weighted by atomic mass is 10.1. The van der Waals surface area contributed by atoms with Gasteiger partial charge < -0.3 is 11.1 Å². The Morgan fingerprint density at radius 2 is 2.00 bits per heavy atom. The molecule has 100 valence electrons. The summed E-state index contributed by atoms with van der Waals surface area (Å²) < 4.78 is 37.9. The summed E-state index contributed by atoms with van der Waals surface area (Å²) in [6, 6.07) is 4.14. The van der Waals surface area contributed by atoms with Crippen molar-refractivity contribution in [3.05, 3.63) is 29.3 Å². The van der Waals surface area contributed by atoms with Gasteiger partial charge in [0.2, 0.25) is 0 Å². The third-order valence-corrected chi connectivity index (χ3v) is 3.40. The van der Waals surface area contributed by atoms with Crippen LogP contribution in [0.15, 0.2) is 18.2 Å². The highest BCUT2D eigenvalue weighted by molar-refractivity contribution is 5.54. The fourth-order valence-electron chi connectivity index (χ4n) is 2.32. The maximum absolute atomic E-state index is 12.6. The minimum absolute atomic E-state index is 0.161. The number of nitrogens with one attached hydrogen (secondary N) is 1. The van der Waals surface area contributed by atoms with Gasteiger partial charge in [-0.15, -0.1) is 0 Å². The largest absolute Gasteiger partial charge is 0.416 e. The number of hydrogen-bond donors (Lipinski definition) is 2. The van der Waals surface area contributed by atoms with E-state index in [1.807, 2.05) is 0 Å². The van der Waals surface area contributed by atoms with Crippen molar-refractivity contribution in [2.45, 2.75) is 44.4 Å². The Balaban J connectivity index is 2.16. The predicted octanol–water partition coefficient (Wildman–Crippen LogP) is 3.31. The monoisotopic (exact) mass is 258 g/mol. The van der Waals surface area contributed by atoms with Crippen molar-refractivity contribution in [1.29, 1.82) is 0 Å². The lowest BCUT2D eigenvalue weighted by Gasteiger charge is -2.18. The molecule has 0 aliphatic heterocycles. The van der Waals surface area contributed by atoms with E-state index in [-0.39, 0.29) is 12.1 Å². The third kappa shape index (κ3) is 2.96. The molecule has 1 aromatic rings. The highest BCUT2D eigenvalue weighted by Gasteiger charge is 2.31. The van der Waals surface area contributed by atoms with Crippen molar-refractivity contribution < 1.29 is 13.2 Å². The van der Waals surface area contributed by atoms with Gasteiger partial charge in [-0.1, -0.05) is 6.07 Å². The summed E-state index contributed by atoms with van der Waals surface area (Å²) >= 11 is 0. The fraction of sp³-hybridized carbons (Fsp3) is 0.538. The van der Waals surface area contributed by atoms with Crippen molar-refractivity contribution in [2.24, 2.45) is 5.73 Å². The standard InChI is InChI=1S/C13H17F3N2/c1-8-2-3-9(13(14,15)16)6-12(8)18-11-5-4-10(17)7-11/h2-3,6,10-11,18H,4-5,7,17H2,1H3. The van der Waals surface area contributed by atoms with Crippen molar-refractivity contribution >= 4 is 5.69 Å². The van der Waals surface area contributed by atoms with Gasteiger partial charge in [-0.05, 0) is 43.9 Å². The van der Waals surface area contributed by atoms with E-state index >= 15 is 0 Å². The van der Waals surface area contributed by atoms with E-state index in [9.17, 15) is 13.2 Å². The first-order valence-corrected chi connectivity index (χ1v) is 6.06. The van der Waals surface area contributed by atoms with E-state index < -0.39 is 11.7 Å². The summed E-state index contributed by atoms with van der Waals surface area (Å²) in [6.07, 6.45) is -1.64. The molecule has 0 spiro atoms. The first-order chi connectivity index (χ1) is 8.36. The van der Waals surface area contributed by atoms with E-state index in [2.05, 4.69) is 5.32 Å². The molecule has 0 heterocycles. The van der Waals surface area contributed by atoms with Crippen molar-refractivity contribution in [3.8, 4) is 0 Å². The molecule has 18 heavy (non-hydrogen) atoms. The number of anilines is 1. The highest BCUT2D eigenvalue weighted by atomic mass is 19.4. The van der Waals surface area contributed by atoms with Gasteiger partial charge in [0.15, 0.2) is 0 Å². The molecule has 2 nitrogen and oxygen atoms in total. The molecular weight excluding hydrogens is 241 g/mol. The molecule has 0 saturated heterocycles. The highest BCUT2D eigenvalue weighted by Crippen LogP contribution is 2.33. The number of hydrogen-bond acceptors (Lipinski definition) is 2. The summed E-state index contributed by atoms with van der Waals surface area (Å²) in [7, 11) is 0. The van der Waals surface area contributed by atoms with Crippen LogP contribution in [0.3, 0.4) is 0 Å². The maximum Gasteiger partial charge on any atom is 0.416 e. The Hall–Kier alpha value is -1.23. The number of halogens is 3. The second kappa shape index (κ2) is 4.80. The minimum Gasteiger partial charge on any atom is -0.382 e. The molecule has 1 saturated carbocycles. The number of rotatable bonds is 2. The van der Waals surface area contributed by atoms with E-state index in [1.54, 1.807) is 6.92 Å². The van der Waals surface area contributed by atoms with Crippen molar-refractivity contribution in [3.63, 3.8) is 0 Å². The Bertz CT molecular complexity index is 429. The van der Waals surface area contributed by atoms with Crippen LogP contribution in [0.5, 0.6) is 0 Å². The van der Waals surface area contributed by atoms with Crippen LogP contribution in [0.1, 0.15) is 30.4 Å². The number of nitrogens with two attached hydrogens (primary N) is 1. The van der Waals surface area contributed by atoms with Crippen molar-refractivity contribution in [2.75, 3.05) is 5.32 Å². The van der Waals surface area contributed by atoms with Crippen LogP contribution in [0, 0.1) is 6.92 Å². The van der Waals surface area contributed by atoms with Crippen LogP contribution in [-0.2, 0) is 6.18 Å². The van der Waals surface area contributed by atoms with Crippen molar-refractivity contribution in [1.82, 2.24) is 0 Å². The van der Waals surface area contributed by atoms with Crippen LogP contribution >= 0.6 is 0 Å². The lowest BCUT2D eigenvalue weighted by molar-refractivity contribution is -0.137. The van der Waals surface area contributed by atoms with Crippen LogP contribution in [-0.4, -0.2) is 12.1 Å². The molecule has 5 heteroatoms. The lowest BCUT2D eigenvalue weighted by Crippen LogP contribution is -2.21. The second-order valence-corrected chi connectivity index (χ2v) is 4.94. The summed E-state index contributed by atoms with van der Waals surface area (Å²) in [5.41, 5.74) is 6.56. The molecule has 3 N–H and O–H groups in total. The molecule has 1 fully saturated rings. The molecule has 2 unspecified atom stereocenters. The Kier molecular flexibility index (Phi) is 3.52. The van der Waals surface area contributed by atoms with Crippen LogP contribution in [0.4, 0.5) is 18.9 Å². The SMILES string of the molecule is Cc1ccc(C(F)(F)F)cc1NC1CCC(N)C1. The average Bonchev–Trinajstić information content (AvgIpc) is 2.66. The third-order valence-electron chi connectivity index (χ3n) is 3.40. The summed E-state index contributed by atoms with van der Waals surface area (Å²) in [6.45, 7) is 1.80. The summed E-state index contributed by atoms with van der Waals surface area (Å²) in [4.78, 5) is 0. The molecule has 1 aliphatic carbocycles. The maximum atomic E-state index is 12.6. The molecule has 0 aromatic heterocycles. The topological polar surface area (TPSA) is 38.0 Å². The Labute approximate surface area is 104 Å². The van der Waals surface area contributed by atoms with Gasteiger partial charge >= 0.3 is 6.18 Å². The van der Waals surface area contributed by atoms with Crippen LogP contribution < -0.4 is 11.1 Å². The summed E-state index contributed by atoms with van der Waals surface area (Å²) in [5.74, 6) is 0. The molecular formula is C13H17F3N2. The van der Waals surface area contributed by atoms with Gasteiger partial charge in [-0.2, -0.15) is 13.2 Å². The minimum atomic E-state index is -4.30. The van der Waals surface area contributed by atoms with Gasteiger partial charge in [0.05, 0.1) is 5.56 Å². The zero-order chi connectivity index (χ0) is 13.3. The van der Waals surface area contributed by atoms with Gasteiger partial charge in [0.1, 0.15) is 0 Å². The molecule has 0 amide bonds. The number of aryl methyl sites for hydroxylation is 1. The summed E-state index contributed by atoms with van der Waals surface area (Å²) in [5, 5.41) is 3.17.